The van der Waals surface area contributed by atoms with Crippen molar-refractivity contribution in [2.24, 2.45) is 16.6 Å². The maximum atomic E-state index is 13.4. The minimum absolute atomic E-state index is 0.0397. The Kier molecular flexibility index (Phi) is 9.24. The average molecular weight is 598 g/mol. The fourth-order valence-corrected chi connectivity index (χ4v) is 5.91. The number of sulfonamides is 1. The molecule has 42 heavy (non-hydrogen) atoms. The Labute approximate surface area is 247 Å². The Bertz CT molecular complexity index is 1470. The highest BCUT2D eigenvalue weighted by molar-refractivity contribution is 7.92. The molecule has 12 heteroatoms. The molecular weight excluding hydrogens is 558 g/mol. The van der Waals surface area contributed by atoms with E-state index in [-0.39, 0.29) is 48.7 Å². The summed E-state index contributed by atoms with van der Waals surface area (Å²) in [7, 11) is -4.15. The fourth-order valence-electron chi connectivity index (χ4n) is 5.10. The summed E-state index contributed by atoms with van der Waals surface area (Å²) in [5, 5.41) is 2.92. The van der Waals surface area contributed by atoms with Gasteiger partial charge in [0.1, 0.15) is 0 Å². The molecule has 2 aliphatic rings. The Morgan fingerprint density at radius 3 is 2.50 bits per heavy atom. The van der Waals surface area contributed by atoms with Crippen LogP contribution >= 0.6 is 0 Å². The van der Waals surface area contributed by atoms with Gasteiger partial charge in [0.2, 0.25) is 15.9 Å². The lowest BCUT2D eigenvalue weighted by Gasteiger charge is -2.35. The Morgan fingerprint density at radius 1 is 1.21 bits per heavy atom. The summed E-state index contributed by atoms with van der Waals surface area (Å²) in [4.78, 5) is 45.6. The van der Waals surface area contributed by atoms with Crippen LogP contribution in [0.2, 0.25) is 0 Å². The molecule has 2 aromatic rings. The molecule has 0 aromatic heterocycles. The summed E-state index contributed by atoms with van der Waals surface area (Å²) in [5.74, 6) is -0.330. The third-order valence-corrected chi connectivity index (χ3v) is 8.62. The van der Waals surface area contributed by atoms with Gasteiger partial charge in [-0.3, -0.25) is 14.5 Å². The van der Waals surface area contributed by atoms with Gasteiger partial charge in [0, 0.05) is 5.56 Å². The number of nitrogens with zero attached hydrogens (tertiary/aromatic N) is 3. The summed E-state index contributed by atoms with van der Waals surface area (Å²) in [6.45, 7) is 5.64. The third kappa shape index (κ3) is 7.28. The Balaban J connectivity index is 1.71. The number of ether oxygens (including phenoxy) is 1. The molecule has 0 unspecified atom stereocenters. The van der Waals surface area contributed by atoms with Gasteiger partial charge in [-0.05, 0) is 68.4 Å². The second-order valence-corrected chi connectivity index (χ2v) is 13.1. The number of guanidine groups is 1. The quantitative estimate of drug-likeness (QED) is 0.370. The lowest BCUT2D eigenvalue weighted by molar-refractivity contribution is -0.130. The molecule has 3 amide bonds. The number of hydrogen-bond donors (Lipinski definition) is 2. The van der Waals surface area contributed by atoms with Crippen molar-refractivity contribution in [3.63, 3.8) is 0 Å². The van der Waals surface area contributed by atoms with Crippen molar-refractivity contribution in [1.29, 1.82) is 0 Å². The molecule has 1 aliphatic carbocycles. The number of rotatable bonds is 11. The van der Waals surface area contributed by atoms with E-state index < -0.39 is 27.6 Å². The van der Waals surface area contributed by atoms with Crippen LogP contribution in [0.1, 0.15) is 80.4 Å². The van der Waals surface area contributed by atoms with Crippen molar-refractivity contribution in [2.45, 2.75) is 71.0 Å². The van der Waals surface area contributed by atoms with Gasteiger partial charge in [-0.2, -0.15) is 4.31 Å². The molecule has 1 saturated carbocycles. The molecule has 3 N–H and O–H groups in total. The van der Waals surface area contributed by atoms with Crippen LogP contribution < -0.4 is 15.4 Å². The molecular formula is C30H39N5O6S. The van der Waals surface area contributed by atoms with Crippen LogP contribution in [-0.4, -0.2) is 55.6 Å². The predicted octanol–water partition coefficient (Wildman–Crippen LogP) is 4.10. The summed E-state index contributed by atoms with van der Waals surface area (Å²) < 4.78 is 31.4. The number of nitrogens with one attached hydrogen (secondary N) is 1. The van der Waals surface area contributed by atoms with E-state index in [0.29, 0.717) is 22.2 Å². The fraction of sp³-hybridized carbons (Fsp3) is 0.467. The molecule has 1 fully saturated rings. The first-order valence-electron chi connectivity index (χ1n) is 14.1. The number of benzene rings is 2. The number of amides is 3. The normalized spacial score (nSPS) is 19.6. The van der Waals surface area contributed by atoms with E-state index in [1.807, 2.05) is 51.1 Å². The molecule has 11 nitrogen and oxygen atoms in total. The maximum absolute atomic E-state index is 13.4. The lowest BCUT2D eigenvalue weighted by Crippen LogP contribution is -2.51. The molecule has 2 aromatic carbocycles. The van der Waals surface area contributed by atoms with Crippen LogP contribution in [0.15, 0.2) is 53.5 Å². The van der Waals surface area contributed by atoms with Gasteiger partial charge in [0.15, 0.2) is 5.96 Å². The van der Waals surface area contributed by atoms with E-state index in [2.05, 4.69) is 10.3 Å². The lowest BCUT2D eigenvalue weighted by atomic mass is 9.90. The van der Waals surface area contributed by atoms with Gasteiger partial charge in [-0.25, -0.2) is 18.2 Å². The van der Waals surface area contributed by atoms with Crippen LogP contribution in [0.25, 0.3) is 0 Å². The summed E-state index contributed by atoms with van der Waals surface area (Å²) in [5.41, 5.74) is 7.00. The average Bonchev–Trinajstić information content (AvgIpc) is 3.77. The maximum Gasteiger partial charge on any atom is 0.428 e. The van der Waals surface area contributed by atoms with Crippen molar-refractivity contribution >= 4 is 39.6 Å². The van der Waals surface area contributed by atoms with E-state index in [1.165, 1.54) is 17.0 Å². The van der Waals surface area contributed by atoms with Crippen LogP contribution in [0.3, 0.4) is 0 Å². The second kappa shape index (κ2) is 12.5. The minimum Gasteiger partial charge on any atom is -0.448 e. The van der Waals surface area contributed by atoms with Crippen LogP contribution in [0.5, 0.6) is 0 Å². The first-order chi connectivity index (χ1) is 19.8. The SMILES string of the molecule is CCCCOC(=O)N(c1cc(CN2C(=O)C[C@@](C)(C3CC3)N=C2N)cc(C(=O)N[C@@H](C)c2ccccc2)c1)S(C)(=O)=O. The summed E-state index contributed by atoms with van der Waals surface area (Å²) in [6.07, 6.45) is 3.30. The molecule has 1 aliphatic heterocycles. The highest BCUT2D eigenvalue weighted by Gasteiger charge is 2.46. The zero-order valence-corrected chi connectivity index (χ0v) is 25.3. The summed E-state index contributed by atoms with van der Waals surface area (Å²) in [6, 6.07) is 13.3. The number of carbonyl (C=O) groups excluding carboxylic acids is 3. The second-order valence-electron chi connectivity index (χ2n) is 11.2. The number of nitrogens with two attached hydrogens (primary N) is 1. The number of carbonyl (C=O) groups is 3. The van der Waals surface area contributed by atoms with Crippen LogP contribution in [-0.2, 0) is 26.1 Å². The van der Waals surface area contributed by atoms with Gasteiger partial charge in [0.05, 0.1) is 43.1 Å². The number of unbranched alkanes of at least 4 members (excludes halogenated alkanes) is 1. The van der Waals surface area contributed by atoms with Gasteiger partial charge in [-0.1, -0.05) is 43.7 Å². The molecule has 1 heterocycles. The van der Waals surface area contributed by atoms with Crippen molar-refractivity contribution < 1.29 is 27.5 Å². The third-order valence-electron chi connectivity index (χ3n) is 7.60. The highest BCUT2D eigenvalue weighted by Crippen LogP contribution is 2.45. The molecule has 4 rings (SSSR count). The van der Waals surface area contributed by atoms with Crippen molar-refractivity contribution in [3.8, 4) is 0 Å². The molecule has 226 valence electrons. The van der Waals surface area contributed by atoms with E-state index in [0.717, 1.165) is 31.1 Å². The monoisotopic (exact) mass is 597 g/mol. The van der Waals surface area contributed by atoms with Crippen molar-refractivity contribution in [3.05, 3.63) is 65.2 Å². The first-order valence-corrected chi connectivity index (χ1v) is 16.0. The van der Waals surface area contributed by atoms with Gasteiger partial charge in [0.25, 0.3) is 5.91 Å². The zero-order chi connectivity index (χ0) is 30.7. The highest BCUT2D eigenvalue weighted by atomic mass is 32.2. The Hall–Kier alpha value is -3.93. The standard InChI is InChI=1S/C30H39N5O6S/c1-5-6-14-41-29(38)35(42(4,39)40)25-16-21(19-34-26(36)18-30(3,24-12-13-24)33-28(34)31)15-23(17-25)27(37)32-20(2)22-10-8-7-9-11-22/h7-11,15-17,20,24H,5-6,12-14,18-19H2,1-4H3,(H2,31,33)(H,32,37)/t20-,30-/m0/s1. The smallest absolute Gasteiger partial charge is 0.428 e. The van der Waals surface area contributed by atoms with Gasteiger partial charge in [-0.15, -0.1) is 0 Å². The van der Waals surface area contributed by atoms with Crippen LogP contribution in [0.4, 0.5) is 10.5 Å². The predicted molar refractivity (Wildman–Crippen MR) is 160 cm³/mol. The first kappa shape index (κ1) is 31.0. The number of aliphatic imine (C=N–C) groups is 1. The molecule has 0 spiro atoms. The topological polar surface area (TPSA) is 151 Å². The van der Waals surface area contributed by atoms with Crippen molar-refractivity contribution in [2.75, 3.05) is 17.2 Å². The van der Waals surface area contributed by atoms with E-state index >= 15 is 0 Å². The van der Waals surface area contributed by atoms with Gasteiger partial charge >= 0.3 is 6.09 Å². The molecule has 0 radical (unpaired) electrons. The Morgan fingerprint density at radius 2 is 1.90 bits per heavy atom. The van der Waals surface area contributed by atoms with E-state index in [1.54, 1.807) is 6.07 Å². The minimum atomic E-state index is -4.15. The molecule has 2 atom stereocenters. The summed E-state index contributed by atoms with van der Waals surface area (Å²) >= 11 is 0. The zero-order valence-electron chi connectivity index (χ0n) is 24.5. The largest absolute Gasteiger partial charge is 0.448 e. The number of hydrogen-bond acceptors (Lipinski definition) is 8. The molecule has 0 saturated heterocycles. The number of anilines is 1. The van der Waals surface area contributed by atoms with Gasteiger partial charge < -0.3 is 15.8 Å². The van der Waals surface area contributed by atoms with E-state index in [4.69, 9.17) is 10.5 Å². The van der Waals surface area contributed by atoms with Crippen LogP contribution in [0, 0.1) is 5.92 Å². The van der Waals surface area contributed by atoms with Crippen molar-refractivity contribution in [1.82, 2.24) is 10.2 Å². The van der Waals surface area contributed by atoms with E-state index in [9.17, 15) is 22.8 Å². The molecule has 0 bridgehead atoms.